The largest absolute Gasteiger partial charge is 0.350 e. The summed E-state index contributed by atoms with van der Waals surface area (Å²) in [5.74, 6) is 2.45. The first kappa shape index (κ1) is 22.5. The summed E-state index contributed by atoms with van der Waals surface area (Å²) >= 11 is 2.03. The number of nitrogens with zero attached hydrogens (tertiary/aromatic N) is 1. The Morgan fingerprint density at radius 3 is 2.39 bits per heavy atom. The summed E-state index contributed by atoms with van der Waals surface area (Å²) in [5.41, 5.74) is 2.01. The van der Waals surface area contributed by atoms with Crippen molar-refractivity contribution in [3.63, 3.8) is 0 Å². The predicted molar refractivity (Wildman–Crippen MR) is 104 cm³/mol. The zero-order valence-corrected chi connectivity index (χ0v) is 16.2. The van der Waals surface area contributed by atoms with E-state index < -0.39 is 0 Å². The summed E-state index contributed by atoms with van der Waals surface area (Å²) in [5, 5.41) is 6.04. The molecule has 1 amide bonds. The van der Waals surface area contributed by atoms with Gasteiger partial charge in [0.25, 0.3) is 5.91 Å². The number of amides is 1. The lowest BCUT2D eigenvalue weighted by Gasteiger charge is -2.26. The van der Waals surface area contributed by atoms with E-state index in [9.17, 15) is 4.79 Å². The number of rotatable bonds is 6. The van der Waals surface area contributed by atoms with Crippen molar-refractivity contribution in [2.24, 2.45) is 0 Å². The van der Waals surface area contributed by atoms with E-state index in [-0.39, 0.29) is 36.8 Å². The van der Waals surface area contributed by atoms with Gasteiger partial charge in [0.2, 0.25) is 0 Å². The number of thioether (sulfide) groups is 1. The highest BCUT2D eigenvalue weighted by molar-refractivity contribution is 7.99. The number of benzene rings is 1. The van der Waals surface area contributed by atoms with Crippen LogP contribution in [-0.2, 0) is 6.54 Å². The van der Waals surface area contributed by atoms with E-state index in [2.05, 4.69) is 27.7 Å². The molecule has 1 atom stereocenters. The van der Waals surface area contributed by atoms with Crippen LogP contribution in [0.2, 0.25) is 0 Å². The third-order valence-corrected chi connectivity index (χ3v) is 4.73. The molecule has 2 N–H and O–H groups in total. The highest BCUT2D eigenvalue weighted by Gasteiger charge is 2.11. The van der Waals surface area contributed by atoms with Crippen molar-refractivity contribution in [2.45, 2.75) is 19.5 Å². The number of likely N-dealkylation sites (N-methyl/N-ethyl adjacent to an activating group) is 1. The van der Waals surface area contributed by atoms with Gasteiger partial charge < -0.3 is 10.6 Å². The standard InChI is InChI=1S/C16H25N3OS.2ClH/c1-13(17-2)11-18-16(20)15-5-3-14(4-6-15)12-19-7-9-21-10-8-19;;/h3-6,13,17H,7-12H2,1-2H3,(H,18,20);2*1H. The molecule has 0 aromatic heterocycles. The summed E-state index contributed by atoms with van der Waals surface area (Å²) in [7, 11) is 1.89. The molecule has 7 heteroatoms. The minimum Gasteiger partial charge on any atom is -0.350 e. The fraction of sp³-hybridized carbons (Fsp3) is 0.562. The van der Waals surface area contributed by atoms with E-state index in [1.165, 1.54) is 17.1 Å². The Hall–Kier alpha value is -0.460. The van der Waals surface area contributed by atoms with Crippen LogP contribution in [0.1, 0.15) is 22.8 Å². The Balaban J connectivity index is 0.00000242. The number of carbonyl (C=O) groups is 1. The lowest BCUT2D eigenvalue weighted by atomic mass is 10.1. The maximum absolute atomic E-state index is 12.0. The van der Waals surface area contributed by atoms with Gasteiger partial charge in [0, 0.05) is 49.3 Å². The summed E-state index contributed by atoms with van der Waals surface area (Å²) in [6, 6.07) is 8.27. The van der Waals surface area contributed by atoms with Gasteiger partial charge in [-0.25, -0.2) is 0 Å². The normalized spacial score (nSPS) is 15.9. The highest BCUT2D eigenvalue weighted by atomic mass is 35.5. The number of nitrogens with one attached hydrogen (secondary N) is 2. The van der Waals surface area contributed by atoms with Gasteiger partial charge in [-0.1, -0.05) is 12.1 Å². The second kappa shape index (κ2) is 12.0. The molecule has 1 heterocycles. The van der Waals surface area contributed by atoms with Crippen LogP contribution < -0.4 is 10.6 Å². The molecule has 1 unspecified atom stereocenters. The van der Waals surface area contributed by atoms with Crippen LogP contribution in [0.4, 0.5) is 0 Å². The molecule has 1 aromatic rings. The summed E-state index contributed by atoms with van der Waals surface area (Å²) in [6.45, 7) is 5.99. The smallest absolute Gasteiger partial charge is 0.251 e. The molecule has 0 saturated carbocycles. The first-order valence-corrected chi connectivity index (χ1v) is 8.69. The Morgan fingerprint density at radius 2 is 1.83 bits per heavy atom. The Kier molecular flexibility index (Phi) is 11.7. The second-order valence-corrected chi connectivity index (χ2v) is 6.71. The number of carbonyl (C=O) groups excluding carboxylic acids is 1. The lowest BCUT2D eigenvalue weighted by Crippen LogP contribution is -2.37. The zero-order valence-electron chi connectivity index (χ0n) is 13.7. The molecule has 0 bridgehead atoms. The van der Waals surface area contributed by atoms with Crippen LogP contribution in [0.5, 0.6) is 0 Å². The summed E-state index contributed by atoms with van der Waals surface area (Å²) in [4.78, 5) is 14.5. The van der Waals surface area contributed by atoms with Crippen LogP contribution in [0.15, 0.2) is 24.3 Å². The molecule has 1 fully saturated rings. The van der Waals surface area contributed by atoms with Gasteiger partial charge >= 0.3 is 0 Å². The SMILES string of the molecule is CNC(C)CNC(=O)c1ccc(CN2CCSCC2)cc1.Cl.Cl. The molecular formula is C16H27Cl2N3OS. The first-order chi connectivity index (χ1) is 10.2. The zero-order chi connectivity index (χ0) is 15.1. The highest BCUT2D eigenvalue weighted by Crippen LogP contribution is 2.13. The molecule has 23 heavy (non-hydrogen) atoms. The van der Waals surface area contributed by atoms with Crippen LogP contribution in [0.3, 0.4) is 0 Å². The van der Waals surface area contributed by atoms with Crippen molar-refractivity contribution in [3.05, 3.63) is 35.4 Å². The van der Waals surface area contributed by atoms with Crippen LogP contribution in [0, 0.1) is 0 Å². The van der Waals surface area contributed by atoms with E-state index in [0.717, 1.165) is 25.2 Å². The number of hydrogen-bond donors (Lipinski definition) is 2. The van der Waals surface area contributed by atoms with Crippen molar-refractivity contribution >= 4 is 42.5 Å². The van der Waals surface area contributed by atoms with Crippen molar-refractivity contribution in [3.8, 4) is 0 Å². The van der Waals surface area contributed by atoms with Crippen molar-refractivity contribution in [1.82, 2.24) is 15.5 Å². The third-order valence-electron chi connectivity index (χ3n) is 3.79. The van der Waals surface area contributed by atoms with Gasteiger partial charge in [-0.2, -0.15) is 11.8 Å². The third kappa shape index (κ3) is 7.77. The van der Waals surface area contributed by atoms with Crippen LogP contribution in [0.25, 0.3) is 0 Å². The molecule has 1 aromatic carbocycles. The van der Waals surface area contributed by atoms with Crippen molar-refractivity contribution in [1.29, 1.82) is 0 Å². The molecule has 0 aliphatic carbocycles. The molecule has 1 aliphatic rings. The lowest BCUT2D eigenvalue weighted by molar-refractivity contribution is 0.0950. The average molecular weight is 380 g/mol. The fourth-order valence-corrected chi connectivity index (χ4v) is 3.21. The minimum atomic E-state index is -0.00183. The van der Waals surface area contributed by atoms with Gasteiger partial charge in [0.05, 0.1) is 0 Å². The Bertz CT molecular complexity index is 453. The van der Waals surface area contributed by atoms with E-state index >= 15 is 0 Å². The first-order valence-electron chi connectivity index (χ1n) is 7.53. The van der Waals surface area contributed by atoms with Gasteiger partial charge in [-0.3, -0.25) is 9.69 Å². The monoisotopic (exact) mass is 379 g/mol. The van der Waals surface area contributed by atoms with Gasteiger partial charge in [-0.05, 0) is 31.7 Å². The Morgan fingerprint density at radius 1 is 1.22 bits per heavy atom. The van der Waals surface area contributed by atoms with Gasteiger partial charge in [0.1, 0.15) is 0 Å². The van der Waals surface area contributed by atoms with Crippen LogP contribution >= 0.6 is 36.6 Å². The number of hydrogen-bond acceptors (Lipinski definition) is 4. The van der Waals surface area contributed by atoms with Crippen molar-refractivity contribution < 1.29 is 4.79 Å². The summed E-state index contributed by atoms with van der Waals surface area (Å²) < 4.78 is 0. The van der Waals surface area contributed by atoms with Gasteiger partial charge in [0.15, 0.2) is 0 Å². The molecule has 1 aliphatic heterocycles. The molecule has 4 nitrogen and oxygen atoms in total. The Labute approximate surface area is 156 Å². The molecule has 2 rings (SSSR count). The predicted octanol–water partition coefficient (Wildman–Crippen LogP) is 2.42. The molecule has 0 spiro atoms. The fourth-order valence-electron chi connectivity index (χ4n) is 2.23. The molecule has 0 radical (unpaired) electrons. The summed E-state index contributed by atoms with van der Waals surface area (Å²) in [6.07, 6.45) is 0. The second-order valence-electron chi connectivity index (χ2n) is 5.49. The molecule has 132 valence electrons. The number of halogens is 2. The van der Waals surface area contributed by atoms with E-state index in [0.29, 0.717) is 6.54 Å². The molecule has 1 saturated heterocycles. The maximum atomic E-state index is 12.0. The van der Waals surface area contributed by atoms with E-state index in [1.54, 1.807) is 0 Å². The van der Waals surface area contributed by atoms with Gasteiger partial charge in [-0.15, -0.1) is 24.8 Å². The minimum absolute atomic E-state index is 0. The quantitative estimate of drug-likeness (QED) is 0.796. The molecular weight excluding hydrogens is 353 g/mol. The van der Waals surface area contributed by atoms with E-state index in [4.69, 9.17) is 0 Å². The van der Waals surface area contributed by atoms with Crippen LogP contribution in [-0.4, -0.2) is 55.0 Å². The van der Waals surface area contributed by atoms with E-state index in [1.807, 2.05) is 37.9 Å². The topological polar surface area (TPSA) is 44.4 Å². The average Bonchev–Trinajstić information content (AvgIpc) is 2.54. The van der Waals surface area contributed by atoms with Crippen molar-refractivity contribution in [2.75, 3.05) is 38.2 Å². The maximum Gasteiger partial charge on any atom is 0.251 e.